The van der Waals surface area contributed by atoms with E-state index in [9.17, 15) is 33.8 Å². The number of carboxylic acid groups (broad SMARTS) is 1. The van der Waals surface area contributed by atoms with E-state index < -0.39 is 36.1 Å². The molecular weight excluding hydrogens is 581 g/mol. The Morgan fingerprint density at radius 2 is 2.10 bits per heavy atom. The van der Waals surface area contributed by atoms with Gasteiger partial charge in [0.15, 0.2) is 10.8 Å². The van der Waals surface area contributed by atoms with E-state index >= 15 is 0 Å². The molecule has 41 heavy (non-hydrogen) atoms. The number of carboxylic acids is 1. The topological polar surface area (TPSA) is 213 Å². The molecule has 0 saturated carbocycles. The van der Waals surface area contributed by atoms with Gasteiger partial charge in [0, 0.05) is 29.9 Å². The van der Waals surface area contributed by atoms with Crippen LogP contribution in [0.4, 0.5) is 9.52 Å². The number of carbonyl (C=O) groups is 4. The summed E-state index contributed by atoms with van der Waals surface area (Å²) in [6, 6.07) is -1.08. The fraction of sp³-hybridized carbons (Fsp3) is 0.500. The number of amides is 3. The van der Waals surface area contributed by atoms with Gasteiger partial charge >= 0.3 is 0 Å². The lowest BCUT2D eigenvalue weighted by molar-refractivity contribution is -0.928. The van der Waals surface area contributed by atoms with Gasteiger partial charge in [0.05, 0.1) is 37.9 Å². The second-order valence-electron chi connectivity index (χ2n) is 9.77. The van der Waals surface area contributed by atoms with E-state index in [2.05, 4.69) is 20.3 Å². The van der Waals surface area contributed by atoms with Crippen molar-refractivity contribution in [2.24, 2.45) is 16.8 Å². The van der Waals surface area contributed by atoms with Crippen LogP contribution >= 0.6 is 23.1 Å². The Hall–Kier alpha value is -3.54. The molecule has 2 atom stereocenters. The van der Waals surface area contributed by atoms with E-state index in [1.54, 1.807) is 12.2 Å². The largest absolute Gasteiger partial charge is 0.543 e. The molecule has 6 N–H and O–H groups in total. The number of primary amides is 1. The minimum absolute atomic E-state index is 0.0293. The highest BCUT2D eigenvalue weighted by molar-refractivity contribution is 8.00. The molecule has 0 radical (unpaired) electrons. The van der Waals surface area contributed by atoms with Crippen LogP contribution in [0.5, 0.6) is 0 Å². The maximum absolute atomic E-state index is 13.0. The first kappa shape index (κ1) is 30.4. The lowest BCUT2D eigenvalue weighted by Gasteiger charge is -2.50. The summed E-state index contributed by atoms with van der Waals surface area (Å²) in [6.45, 7) is 0.902. The lowest BCUT2D eigenvalue weighted by atomic mass is 9.94. The second-order valence-corrected chi connectivity index (χ2v) is 11.8. The van der Waals surface area contributed by atoms with E-state index in [-0.39, 0.29) is 46.4 Å². The molecule has 0 spiro atoms. The first-order valence-electron chi connectivity index (χ1n) is 12.7. The maximum Gasteiger partial charge on any atom is 0.276 e. The monoisotopic (exact) mass is 611 g/mol. The van der Waals surface area contributed by atoms with Crippen LogP contribution in [0.1, 0.15) is 18.5 Å². The number of rotatable bonds is 12. The number of fused-ring (bicyclic) bond motifs is 1. The number of quaternary nitrogens is 1. The van der Waals surface area contributed by atoms with Gasteiger partial charge in [0.1, 0.15) is 23.7 Å². The predicted octanol–water partition coefficient (Wildman–Crippen LogP) is -1.96. The molecule has 3 aliphatic heterocycles. The number of anilines is 1. The van der Waals surface area contributed by atoms with Crippen molar-refractivity contribution in [3.63, 3.8) is 0 Å². The number of carbonyl (C=O) groups excluding carboxylic acids is 4. The number of thioether (sulfide) groups is 1. The fourth-order valence-corrected chi connectivity index (χ4v) is 7.05. The Morgan fingerprint density at radius 1 is 1.37 bits per heavy atom. The number of aromatic nitrogens is 1. The van der Waals surface area contributed by atoms with Crippen molar-refractivity contribution in [2.75, 3.05) is 51.1 Å². The van der Waals surface area contributed by atoms with Gasteiger partial charge in [-0.2, -0.15) is 0 Å². The molecule has 4 rings (SSSR count). The van der Waals surface area contributed by atoms with Crippen molar-refractivity contribution in [1.29, 1.82) is 0 Å². The van der Waals surface area contributed by atoms with Crippen LogP contribution < -0.4 is 21.9 Å². The number of nitrogens with two attached hydrogens (primary N) is 2. The van der Waals surface area contributed by atoms with Crippen molar-refractivity contribution in [3.8, 4) is 0 Å². The molecule has 0 aromatic carbocycles. The number of thiazole rings is 1. The zero-order chi connectivity index (χ0) is 29.7. The molecule has 4 heterocycles. The standard InChI is InChI=1S/C24H30FN7O7S2/c25-12-39-30-16(15-11-41-24(27)28-15)20(35)29-17-21(36)31-18(23(37)38)14(10-40-22(17)31)2-1-5-32(8-9-33)6-3-13(4-7-32)19(26)34/h1-2,11,13,17,22,33H,3-10,12H2,(H5-,26,27,28,29,34,35,37,38)/b2-1+,30-16-/t13?,17-,22-,32?/m1/s1. The number of β-lactam (4-membered cyclic amide) rings is 1. The van der Waals surface area contributed by atoms with Gasteiger partial charge in [-0.3, -0.25) is 19.3 Å². The zero-order valence-corrected chi connectivity index (χ0v) is 23.5. The first-order chi connectivity index (χ1) is 19.6. The number of nitrogens with one attached hydrogen (secondary N) is 1. The highest BCUT2D eigenvalue weighted by Crippen LogP contribution is 2.40. The number of likely N-dealkylation sites (tertiary alicyclic amines) is 1. The molecule has 17 heteroatoms. The number of hydrogen-bond donors (Lipinski definition) is 4. The molecule has 1 aromatic rings. The van der Waals surface area contributed by atoms with Crippen LogP contribution in [-0.2, 0) is 24.0 Å². The van der Waals surface area contributed by atoms with Crippen LogP contribution in [0.2, 0.25) is 0 Å². The molecular formula is C24H30FN7O7S2. The van der Waals surface area contributed by atoms with Gasteiger partial charge in [-0.25, -0.2) is 9.37 Å². The average molecular weight is 612 g/mol. The molecule has 2 saturated heterocycles. The minimum Gasteiger partial charge on any atom is -0.543 e. The maximum atomic E-state index is 13.0. The number of aliphatic hydroxyl groups excluding tert-OH is 1. The van der Waals surface area contributed by atoms with E-state index in [1.165, 1.54) is 17.1 Å². The number of hydrogen-bond acceptors (Lipinski definition) is 12. The van der Waals surface area contributed by atoms with Gasteiger partial charge in [0.25, 0.3) is 18.7 Å². The summed E-state index contributed by atoms with van der Waals surface area (Å²) in [6.07, 6.45) is 4.64. The Labute approximate surface area is 242 Å². The molecule has 0 bridgehead atoms. The summed E-state index contributed by atoms with van der Waals surface area (Å²) in [5, 5.41) is 28.5. The lowest BCUT2D eigenvalue weighted by Crippen LogP contribution is -2.71. The third-order valence-corrected chi connectivity index (χ3v) is 9.33. The quantitative estimate of drug-likeness (QED) is 0.0886. The number of alkyl halides is 1. The van der Waals surface area contributed by atoms with Crippen LogP contribution in [0, 0.1) is 5.92 Å². The first-order valence-corrected chi connectivity index (χ1v) is 14.6. The third-order valence-electron chi connectivity index (χ3n) is 7.35. The molecule has 3 amide bonds. The second kappa shape index (κ2) is 13.0. The fourth-order valence-electron chi connectivity index (χ4n) is 5.19. The summed E-state index contributed by atoms with van der Waals surface area (Å²) in [4.78, 5) is 59.0. The number of aliphatic hydroxyl groups is 1. The number of halogens is 1. The number of piperidine rings is 1. The number of nitrogens with zero attached hydrogens (tertiary/aromatic N) is 4. The van der Waals surface area contributed by atoms with Crippen LogP contribution in [0.3, 0.4) is 0 Å². The Kier molecular flexibility index (Phi) is 9.62. The van der Waals surface area contributed by atoms with Crippen molar-refractivity contribution < 1.29 is 43.1 Å². The zero-order valence-electron chi connectivity index (χ0n) is 21.9. The number of aliphatic carboxylic acids is 1. The molecule has 3 aliphatic rings. The Bertz CT molecular complexity index is 1290. The third kappa shape index (κ3) is 6.52. The van der Waals surface area contributed by atoms with E-state index in [1.807, 2.05) is 0 Å². The number of nitrogen functional groups attached to an aromatic ring is 1. The van der Waals surface area contributed by atoms with E-state index in [0.29, 0.717) is 49.1 Å². The predicted molar refractivity (Wildman–Crippen MR) is 145 cm³/mol. The summed E-state index contributed by atoms with van der Waals surface area (Å²) in [5.41, 5.74) is 10.8. The molecule has 222 valence electrons. The highest BCUT2D eigenvalue weighted by Gasteiger charge is 2.53. The Morgan fingerprint density at radius 3 is 2.68 bits per heavy atom. The normalized spacial score (nSPS) is 26.5. The summed E-state index contributed by atoms with van der Waals surface area (Å²) < 4.78 is 13.1. The molecule has 0 aliphatic carbocycles. The van der Waals surface area contributed by atoms with E-state index in [0.717, 1.165) is 16.2 Å². The summed E-state index contributed by atoms with van der Waals surface area (Å²) >= 11 is 2.28. The van der Waals surface area contributed by atoms with Crippen LogP contribution in [-0.4, -0.2) is 106 Å². The van der Waals surface area contributed by atoms with Crippen molar-refractivity contribution in [3.05, 3.63) is 34.5 Å². The molecule has 14 nitrogen and oxygen atoms in total. The van der Waals surface area contributed by atoms with Crippen molar-refractivity contribution in [1.82, 2.24) is 15.2 Å². The van der Waals surface area contributed by atoms with Gasteiger partial charge in [-0.05, 0) is 11.6 Å². The SMILES string of the molecule is NC(=O)C1CC[N+](C/C=C/C2=C(C(=O)[O-])N3C(=O)[C@@H](NC(=O)/C(=N\OCF)c4csc(N)n4)[C@H]3SC2)(CCO)CC1. The van der Waals surface area contributed by atoms with Crippen molar-refractivity contribution in [2.45, 2.75) is 24.3 Å². The molecule has 2 fully saturated rings. The summed E-state index contributed by atoms with van der Waals surface area (Å²) in [7, 11) is 0. The molecule has 0 unspecified atom stereocenters. The highest BCUT2D eigenvalue weighted by atomic mass is 32.2. The van der Waals surface area contributed by atoms with Gasteiger partial charge < -0.3 is 41.1 Å². The Balaban J connectivity index is 1.46. The van der Waals surface area contributed by atoms with Crippen molar-refractivity contribution >= 4 is 57.6 Å². The number of oxime groups is 1. The van der Waals surface area contributed by atoms with Crippen LogP contribution in [0.15, 0.2) is 34.0 Å². The van der Waals surface area contributed by atoms with Gasteiger partial charge in [-0.15, -0.1) is 23.1 Å². The smallest absolute Gasteiger partial charge is 0.276 e. The van der Waals surface area contributed by atoms with Gasteiger partial charge in [-0.1, -0.05) is 11.2 Å². The average Bonchev–Trinajstić information content (AvgIpc) is 3.37. The van der Waals surface area contributed by atoms with Gasteiger partial charge in [0.2, 0.25) is 5.91 Å². The molecule has 1 aromatic heterocycles. The van der Waals surface area contributed by atoms with E-state index in [4.69, 9.17) is 11.5 Å². The number of allylic oxidation sites excluding steroid dienone is 1. The van der Waals surface area contributed by atoms with Crippen LogP contribution in [0.25, 0.3) is 0 Å². The minimum atomic E-state index is -1.54. The summed E-state index contributed by atoms with van der Waals surface area (Å²) in [5.74, 6) is -3.39.